The van der Waals surface area contributed by atoms with Crippen molar-refractivity contribution in [2.75, 3.05) is 19.6 Å². The molecule has 0 amide bonds. The number of hydrogen-bond acceptors (Lipinski definition) is 1. The molecule has 0 radical (unpaired) electrons. The second kappa shape index (κ2) is 6.72. The van der Waals surface area contributed by atoms with Gasteiger partial charge >= 0.3 is 0 Å². The Balaban J connectivity index is 0.00000162. The van der Waals surface area contributed by atoms with Crippen LogP contribution in [0, 0.1) is 5.92 Å². The first-order chi connectivity index (χ1) is 8.16. The van der Waals surface area contributed by atoms with Crippen molar-refractivity contribution in [1.29, 1.82) is 0 Å². The largest absolute Gasteiger partial charge is 0.303 e. The number of likely N-dealkylation sites (tertiary alicyclic amines) is 1. The van der Waals surface area contributed by atoms with Crippen LogP contribution in [0.1, 0.15) is 39.2 Å². The third-order valence-electron chi connectivity index (χ3n) is 4.54. The highest BCUT2D eigenvalue weighted by Crippen LogP contribution is 2.39. The Labute approximate surface area is 122 Å². The lowest BCUT2D eigenvalue weighted by Crippen LogP contribution is -2.47. The van der Waals surface area contributed by atoms with Crippen molar-refractivity contribution in [2.24, 2.45) is 5.92 Å². The predicted molar refractivity (Wildman–Crippen MR) is 84.6 cm³/mol. The highest BCUT2D eigenvalue weighted by Gasteiger charge is 2.37. The topological polar surface area (TPSA) is 3.24 Å². The van der Waals surface area contributed by atoms with Crippen molar-refractivity contribution in [1.82, 2.24) is 4.90 Å². The van der Waals surface area contributed by atoms with E-state index in [-0.39, 0.29) is 17.0 Å². The molecule has 1 fully saturated rings. The molecule has 1 nitrogen and oxygen atoms in total. The lowest BCUT2D eigenvalue weighted by Gasteiger charge is -2.45. The Morgan fingerprint density at radius 2 is 1.94 bits per heavy atom. The number of benzene rings is 1. The standard InChI is InChI=1S/C16H25N.BrH/c1-4-11-17-12-10-16(3,14(2)13-17)15-8-6-5-7-9-15;/h5-9,14H,4,10-13H2,1-3H3;1H/t14-,16-;/m0./s1. The van der Waals surface area contributed by atoms with Crippen molar-refractivity contribution in [3.05, 3.63) is 35.9 Å². The van der Waals surface area contributed by atoms with Gasteiger partial charge in [0.05, 0.1) is 0 Å². The summed E-state index contributed by atoms with van der Waals surface area (Å²) in [6.45, 7) is 10.9. The lowest BCUT2D eigenvalue weighted by atomic mass is 9.68. The molecule has 2 atom stereocenters. The van der Waals surface area contributed by atoms with Crippen molar-refractivity contribution in [2.45, 2.75) is 39.0 Å². The zero-order chi connectivity index (χ0) is 12.3. The minimum absolute atomic E-state index is 0. The van der Waals surface area contributed by atoms with Gasteiger partial charge in [-0.25, -0.2) is 0 Å². The van der Waals surface area contributed by atoms with Gasteiger partial charge in [0.2, 0.25) is 0 Å². The van der Waals surface area contributed by atoms with Crippen molar-refractivity contribution in [3.8, 4) is 0 Å². The summed E-state index contributed by atoms with van der Waals surface area (Å²) in [5.41, 5.74) is 1.88. The molecule has 1 aliphatic heterocycles. The molecule has 0 N–H and O–H groups in total. The fraction of sp³-hybridized carbons (Fsp3) is 0.625. The molecule has 18 heavy (non-hydrogen) atoms. The van der Waals surface area contributed by atoms with Gasteiger partial charge in [0.1, 0.15) is 0 Å². The molecule has 1 heterocycles. The van der Waals surface area contributed by atoms with Gasteiger partial charge in [0, 0.05) is 6.54 Å². The molecule has 1 aromatic carbocycles. The molecule has 2 rings (SSSR count). The lowest BCUT2D eigenvalue weighted by molar-refractivity contribution is 0.111. The van der Waals surface area contributed by atoms with Crippen LogP contribution in [-0.4, -0.2) is 24.5 Å². The van der Waals surface area contributed by atoms with E-state index in [0.29, 0.717) is 5.41 Å². The molecule has 1 saturated heterocycles. The summed E-state index contributed by atoms with van der Waals surface area (Å²) in [5.74, 6) is 0.741. The van der Waals surface area contributed by atoms with Crippen molar-refractivity contribution >= 4 is 17.0 Å². The number of nitrogens with zero attached hydrogens (tertiary/aromatic N) is 1. The maximum atomic E-state index is 2.62. The summed E-state index contributed by atoms with van der Waals surface area (Å²) in [6, 6.07) is 11.1. The van der Waals surface area contributed by atoms with E-state index in [4.69, 9.17) is 0 Å². The fourth-order valence-corrected chi connectivity index (χ4v) is 3.08. The average molecular weight is 312 g/mol. The van der Waals surface area contributed by atoms with Crippen LogP contribution >= 0.6 is 17.0 Å². The molecule has 0 saturated carbocycles. The van der Waals surface area contributed by atoms with Gasteiger partial charge < -0.3 is 4.90 Å². The van der Waals surface area contributed by atoms with Crippen LogP contribution < -0.4 is 0 Å². The van der Waals surface area contributed by atoms with Gasteiger partial charge in [-0.05, 0) is 42.8 Å². The second-order valence-corrected chi connectivity index (χ2v) is 5.74. The minimum Gasteiger partial charge on any atom is -0.303 e. The van der Waals surface area contributed by atoms with Crippen LogP contribution in [-0.2, 0) is 5.41 Å². The van der Waals surface area contributed by atoms with E-state index in [2.05, 4.69) is 56.0 Å². The number of rotatable bonds is 3. The molecular weight excluding hydrogens is 286 g/mol. The van der Waals surface area contributed by atoms with Crippen LogP contribution in [0.2, 0.25) is 0 Å². The van der Waals surface area contributed by atoms with E-state index in [0.717, 1.165) is 5.92 Å². The predicted octanol–water partition coefficient (Wildman–Crippen LogP) is 4.27. The molecule has 1 aliphatic rings. The van der Waals surface area contributed by atoms with Gasteiger partial charge in [0.25, 0.3) is 0 Å². The highest BCUT2D eigenvalue weighted by atomic mass is 79.9. The minimum atomic E-state index is 0. The fourth-order valence-electron chi connectivity index (χ4n) is 3.08. The first-order valence-corrected chi connectivity index (χ1v) is 6.94. The molecular formula is C16H26BrN. The number of halogens is 1. The maximum absolute atomic E-state index is 2.62. The van der Waals surface area contributed by atoms with Gasteiger partial charge in [-0.2, -0.15) is 0 Å². The number of piperidine rings is 1. The summed E-state index contributed by atoms with van der Waals surface area (Å²) in [5, 5.41) is 0. The van der Waals surface area contributed by atoms with Crippen LogP contribution in [0.25, 0.3) is 0 Å². The van der Waals surface area contributed by atoms with Crippen LogP contribution in [0.3, 0.4) is 0 Å². The van der Waals surface area contributed by atoms with Crippen LogP contribution in [0.15, 0.2) is 30.3 Å². The zero-order valence-electron chi connectivity index (χ0n) is 11.9. The van der Waals surface area contributed by atoms with Gasteiger partial charge in [-0.1, -0.05) is 51.1 Å². The van der Waals surface area contributed by atoms with E-state index in [1.807, 2.05) is 0 Å². The molecule has 0 unspecified atom stereocenters. The summed E-state index contributed by atoms with van der Waals surface area (Å²) in [4.78, 5) is 2.62. The van der Waals surface area contributed by atoms with Gasteiger partial charge in [0.15, 0.2) is 0 Å². The van der Waals surface area contributed by atoms with Gasteiger partial charge in [-0.3, -0.25) is 0 Å². The molecule has 2 heteroatoms. The molecule has 0 aliphatic carbocycles. The molecule has 0 aromatic heterocycles. The van der Waals surface area contributed by atoms with Crippen LogP contribution in [0.4, 0.5) is 0 Å². The Hall–Kier alpha value is -0.340. The van der Waals surface area contributed by atoms with E-state index in [1.165, 1.54) is 38.0 Å². The maximum Gasteiger partial charge on any atom is 0.00154 e. The summed E-state index contributed by atoms with van der Waals surface area (Å²) >= 11 is 0. The summed E-state index contributed by atoms with van der Waals surface area (Å²) in [6.07, 6.45) is 2.56. The van der Waals surface area contributed by atoms with E-state index in [9.17, 15) is 0 Å². The van der Waals surface area contributed by atoms with E-state index >= 15 is 0 Å². The zero-order valence-corrected chi connectivity index (χ0v) is 13.6. The molecule has 0 bridgehead atoms. The van der Waals surface area contributed by atoms with E-state index < -0.39 is 0 Å². The molecule has 1 aromatic rings. The van der Waals surface area contributed by atoms with E-state index in [1.54, 1.807) is 0 Å². The summed E-state index contributed by atoms with van der Waals surface area (Å²) < 4.78 is 0. The molecule has 0 spiro atoms. The summed E-state index contributed by atoms with van der Waals surface area (Å²) in [7, 11) is 0. The Kier molecular flexibility index (Phi) is 5.87. The monoisotopic (exact) mass is 311 g/mol. The van der Waals surface area contributed by atoms with Crippen LogP contribution in [0.5, 0.6) is 0 Å². The Morgan fingerprint density at radius 1 is 1.28 bits per heavy atom. The van der Waals surface area contributed by atoms with Crippen molar-refractivity contribution < 1.29 is 0 Å². The quantitative estimate of drug-likeness (QED) is 0.805. The average Bonchev–Trinajstić information content (AvgIpc) is 2.35. The van der Waals surface area contributed by atoms with Crippen molar-refractivity contribution in [3.63, 3.8) is 0 Å². The normalized spacial score (nSPS) is 28.7. The SMILES string of the molecule is Br.CCCN1CC[C@](C)(c2ccccc2)[C@@H](C)C1. The Bertz CT molecular complexity index is 351. The first-order valence-electron chi connectivity index (χ1n) is 6.94. The highest BCUT2D eigenvalue weighted by molar-refractivity contribution is 8.93. The third kappa shape index (κ3) is 3.16. The number of hydrogen-bond donors (Lipinski definition) is 0. The third-order valence-corrected chi connectivity index (χ3v) is 4.54. The van der Waals surface area contributed by atoms with Gasteiger partial charge in [-0.15, -0.1) is 17.0 Å². The second-order valence-electron chi connectivity index (χ2n) is 5.74. The first kappa shape index (κ1) is 15.7. The molecule has 102 valence electrons. The smallest absolute Gasteiger partial charge is 0.00154 e. The Morgan fingerprint density at radius 3 is 2.50 bits per heavy atom.